The Morgan fingerprint density at radius 3 is 2.19 bits per heavy atom. The first-order valence-corrected chi connectivity index (χ1v) is 7.39. The lowest BCUT2D eigenvalue weighted by atomic mass is 9.98. The lowest BCUT2D eigenvalue weighted by Gasteiger charge is -2.29. The van der Waals surface area contributed by atoms with E-state index in [1.165, 1.54) is 5.56 Å². The maximum absolute atomic E-state index is 12.5. The molecule has 4 heteroatoms. The number of nitrogens with zero attached hydrogens (tertiary/aromatic N) is 1. The lowest BCUT2D eigenvalue weighted by molar-refractivity contribution is -0.140. The first-order valence-electron chi connectivity index (χ1n) is 7.39. The molecule has 21 heavy (non-hydrogen) atoms. The van der Waals surface area contributed by atoms with E-state index in [2.05, 4.69) is 0 Å². The second kappa shape index (κ2) is 7.81. The number of carbonyl (C=O) groups is 2. The highest BCUT2D eigenvalue weighted by atomic mass is 16.4. The molecule has 0 aliphatic heterocycles. The SMILES string of the molecule is Cc1ccc(CC(C)C(=O)N(CCC(=O)O)C(C)C)cc1. The highest BCUT2D eigenvalue weighted by Gasteiger charge is 2.23. The summed E-state index contributed by atoms with van der Waals surface area (Å²) in [6.45, 7) is 8.03. The molecule has 1 rings (SSSR count). The normalized spacial score (nSPS) is 12.2. The molecule has 116 valence electrons. The van der Waals surface area contributed by atoms with Crippen molar-refractivity contribution in [3.05, 3.63) is 35.4 Å². The Balaban J connectivity index is 2.68. The highest BCUT2D eigenvalue weighted by molar-refractivity contribution is 5.79. The third-order valence-corrected chi connectivity index (χ3v) is 3.56. The Bertz CT molecular complexity index is 479. The largest absolute Gasteiger partial charge is 0.481 e. The van der Waals surface area contributed by atoms with Gasteiger partial charge in [-0.25, -0.2) is 0 Å². The van der Waals surface area contributed by atoms with Gasteiger partial charge in [0.25, 0.3) is 0 Å². The molecule has 1 aromatic rings. The molecule has 1 amide bonds. The van der Waals surface area contributed by atoms with Crippen molar-refractivity contribution in [1.82, 2.24) is 4.90 Å². The topological polar surface area (TPSA) is 57.6 Å². The van der Waals surface area contributed by atoms with Crippen LogP contribution in [0.1, 0.15) is 38.3 Å². The van der Waals surface area contributed by atoms with Crippen molar-refractivity contribution in [3.8, 4) is 0 Å². The number of aryl methyl sites for hydroxylation is 1. The van der Waals surface area contributed by atoms with Crippen LogP contribution in [0.3, 0.4) is 0 Å². The van der Waals surface area contributed by atoms with Gasteiger partial charge in [0, 0.05) is 18.5 Å². The molecular weight excluding hydrogens is 266 g/mol. The molecule has 1 N–H and O–H groups in total. The minimum absolute atomic E-state index is 0.0114. The van der Waals surface area contributed by atoms with Gasteiger partial charge in [-0.3, -0.25) is 9.59 Å². The number of aliphatic carboxylic acids is 1. The number of benzene rings is 1. The zero-order valence-electron chi connectivity index (χ0n) is 13.3. The number of hydrogen-bond acceptors (Lipinski definition) is 2. The lowest BCUT2D eigenvalue weighted by Crippen LogP contribution is -2.42. The summed E-state index contributed by atoms with van der Waals surface area (Å²) in [5.74, 6) is -1.00. The van der Waals surface area contributed by atoms with Crippen LogP contribution in [0.2, 0.25) is 0 Å². The second-order valence-electron chi connectivity index (χ2n) is 5.86. The third kappa shape index (κ3) is 5.58. The molecule has 0 radical (unpaired) electrons. The van der Waals surface area contributed by atoms with Crippen LogP contribution >= 0.6 is 0 Å². The summed E-state index contributed by atoms with van der Waals surface area (Å²) in [5.41, 5.74) is 2.33. The molecule has 0 bridgehead atoms. The van der Waals surface area contributed by atoms with E-state index in [1.807, 2.05) is 52.0 Å². The number of amides is 1. The van der Waals surface area contributed by atoms with E-state index >= 15 is 0 Å². The summed E-state index contributed by atoms with van der Waals surface area (Å²) < 4.78 is 0. The van der Waals surface area contributed by atoms with Gasteiger partial charge in [-0.1, -0.05) is 36.8 Å². The van der Waals surface area contributed by atoms with Gasteiger partial charge >= 0.3 is 5.97 Å². The minimum Gasteiger partial charge on any atom is -0.481 e. The van der Waals surface area contributed by atoms with Gasteiger partial charge in [-0.05, 0) is 32.8 Å². The smallest absolute Gasteiger partial charge is 0.305 e. The molecule has 0 saturated carbocycles. The standard InChI is InChI=1S/C17H25NO3/c1-12(2)18(10-9-16(19)20)17(21)14(4)11-15-7-5-13(3)6-8-15/h5-8,12,14H,9-11H2,1-4H3,(H,19,20). The molecule has 0 heterocycles. The van der Waals surface area contributed by atoms with E-state index in [-0.39, 0.29) is 30.8 Å². The van der Waals surface area contributed by atoms with Crippen LogP contribution in [0.5, 0.6) is 0 Å². The van der Waals surface area contributed by atoms with Crippen LogP contribution < -0.4 is 0 Å². The highest BCUT2D eigenvalue weighted by Crippen LogP contribution is 2.14. The fraction of sp³-hybridized carbons (Fsp3) is 0.529. The van der Waals surface area contributed by atoms with Crippen LogP contribution in [0.15, 0.2) is 24.3 Å². The zero-order chi connectivity index (χ0) is 16.0. The fourth-order valence-electron chi connectivity index (χ4n) is 2.29. The third-order valence-electron chi connectivity index (χ3n) is 3.56. The molecule has 0 aromatic heterocycles. The summed E-state index contributed by atoms with van der Waals surface area (Å²) in [6, 6.07) is 8.16. The Hall–Kier alpha value is -1.84. The van der Waals surface area contributed by atoms with Gasteiger partial charge in [0.15, 0.2) is 0 Å². The van der Waals surface area contributed by atoms with Crippen LogP contribution in [0.25, 0.3) is 0 Å². The van der Waals surface area contributed by atoms with Crippen molar-refractivity contribution in [2.24, 2.45) is 5.92 Å². The summed E-state index contributed by atoms with van der Waals surface area (Å²) in [7, 11) is 0. The predicted molar refractivity (Wildman–Crippen MR) is 83.1 cm³/mol. The number of rotatable bonds is 7. The van der Waals surface area contributed by atoms with Crippen molar-refractivity contribution in [2.75, 3.05) is 6.54 Å². The summed E-state index contributed by atoms with van der Waals surface area (Å²) >= 11 is 0. The van der Waals surface area contributed by atoms with Crippen molar-refractivity contribution in [2.45, 2.75) is 46.6 Å². The van der Waals surface area contributed by atoms with E-state index in [0.717, 1.165) is 5.56 Å². The van der Waals surface area contributed by atoms with Gasteiger partial charge in [0.1, 0.15) is 0 Å². The van der Waals surface area contributed by atoms with Crippen LogP contribution in [-0.2, 0) is 16.0 Å². The fourth-order valence-corrected chi connectivity index (χ4v) is 2.29. The molecule has 0 saturated heterocycles. The molecule has 0 spiro atoms. The molecule has 1 atom stereocenters. The van der Waals surface area contributed by atoms with Crippen LogP contribution in [0.4, 0.5) is 0 Å². The van der Waals surface area contributed by atoms with Crippen molar-refractivity contribution >= 4 is 11.9 Å². The molecule has 0 aliphatic carbocycles. The van der Waals surface area contributed by atoms with E-state index in [0.29, 0.717) is 6.42 Å². The van der Waals surface area contributed by atoms with Gasteiger partial charge in [-0.15, -0.1) is 0 Å². The van der Waals surface area contributed by atoms with Crippen molar-refractivity contribution in [3.63, 3.8) is 0 Å². The zero-order valence-corrected chi connectivity index (χ0v) is 13.3. The predicted octanol–water partition coefficient (Wildman–Crippen LogP) is 2.89. The summed E-state index contributed by atoms with van der Waals surface area (Å²) in [4.78, 5) is 24.9. The molecule has 0 aliphatic rings. The number of carboxylic acid groups (broad SMARTS) is 1. The van der Waals surface area contributed by atoms with Gasteiger partial charge < -0.3 is 10.0 Å². The minimum atomic E-state index is -0.875. The quantitative estimate of drug-likeness (QED) is 0.840. The average molecular weight is 291 g/mol. The van der Waals surface area contributed by atoms with Crippen molar-refractivity contribution < 1.29 is 14.7 Å². The molecule has 1 aromatic carbocycles. The number of hydrogen-bond donors (Lipinski definition) is 1. The maximum Gasteiger partial charge on any atom is 0.305 e. The monoisotopic (exact) mass is 291 g/mol. The van der Waals surface area contributed by atoms with E-state index < -0.39 is 5.97 Å². The molecule has 4 nitrogen and oxygen atoms in total. The van der Waals surface area contributed by atoms with Gasteiger partial charge in [0.05, 0.1) is 6.42 Å². The molecule has 0 fully saturated rings. The van der Waals surface area contributed by atoms with Gasteiger partial charge in [-0.2, -0.15) is 0 Å². The second-order valence-corrected chi connectivity index (χ2v) is 5.86. The molecule has 1 unspecified atom stereocenters. The number of carboxylic acids is 1. The van der Waals surface area contributed by atoms with E-state index in [9.17, 15) is 9.59 Å². The average Bonchev–Trinajstić information content (AvgIpc) is 2.40. The van der Waals surface area contributed by atoms with E-state index in [1.54, 1.807) is 4.90 Å². The first-order chi connectivity index (χ1) is 9.81. The Morgan fingerprint density at radius 1 is 1.14 bits per heavy atom. The van der Waals surface area contributed by atoms with E-state index in [4.69, 9.17) is 5.11 Å². The Kier molecular flexibility index (Phi) is 6.40. The number of carbonyl (C=O) groups excluding carboxylic acids is 1. The molecular formula is C17H25NO3. The Morgan fingerprint density at radius 2 is 1.71 bits per heavy atom. The van der Waals surface area contributed by atoms with Crippen molar-refractivity contribution in [1.29, 1.82) is 0 Å². The maximum atomic E-state index is 12.5. The van der Waals surface area contributed by atoms with Crippen LogP contribution in [-0.4, -0.2) is 34.5 Å². The van der Waals surface area contributed by atoms with Gasteiger partial charge in [0.2, 0.25) is 5.91 Å². The Labute approximate surface area is 126 Å². The summed E-state index contributed by atoms with van der Waals surface area (Å²) in [6.07, 6.45) is 0.663. The summed E-state index contributed by atoms with van der Waals surface area (Å²) in [5, 5.41) is 8.79. The first kappa shape index (κ1) is 17.2. The van der Waals surface area contributed by atoms with Crippen LogP contribution in [0, 0.1) is 12.8 Å².